The highest BCUT2D eigenvalue weighted by Crippen LogP contribution is 2.48. The van der Waals surface area contributed by atoms with Crippen LogP contribution in [0.3, 0.4) is 0 Å². The molecule has 52 heavy (non-hydrogen) atoms. The van der Waals surface area contributed by atoms with Crippen molar-refractivity contribution in [2.24, 2.45) is 0 Å². The highest BCUT2D eigenvalue weighted by molar-refractivity contribution is 6.40. The maximum Gasteiger partial charge on any atom is 0.164 e. The Balaban J connectivity index is 1.16. The standard InChI is InChI=1S/C46H29B2N3O/c47-46(48)40-19-8-7-17-39(40)42-38(18-10-20-41(42)52-46)36-15-9-16-37(29-36)45-50-43(34-25-21-32(22-26-34)30-11-3-1-4-12-30)49-44(51-45)35-27-23-33(24-28-35)31-13-5-2-6-14-31/h1-29H. The van der Waals surface area contributed by atoms with Gasteiger partial charge in [-0.1, -0.05) is 164 Å². The average Bonchev–Trinajstić information content (AvgIpc) is 3.21. The van der Waals surface area contributed by atoms with E-state index in [1.807, 2.05) is 84.9 Å². The first kappa shape index (κ1) is 31.5. The zero-order valence-corrected chi connectivity index (χ0v) is 28.1. The van der Waals surface area contributed by atoms with Crippen molar-refractivity contribution in [2.75, 3.05) is 0 Å². The van der Waals surface area contributed by atoms with Crippen LogP contribution in [0.15, 0.2) is 176 Å². The molecule has 0 bridgehead atoms. The summed E-state index contributed by atoms with van der Waals surface area (Å²) in [5.41, 5.74) is 11.8. The molecule has 0 saturated heterocycles. The number of ether oxygens (including phenoxy) is 1. The molecule has 7 aromatic carbocycles. The van der Waals surface area contributed by atoms with Crippen LogP contribution in [-0.2, 0) is 5.40 Å². The van der Waals surface area contributed by atoms with Crippen molar-refractivity contribution in [3.8, 4) is 84.4 Å². The van der Waals surface area contributed by atoms with Crippen molar-refractivity contribution >= 4 is 15.7 Å². The maximum absolute atomic E-state index is 6.43. The van der Waals surface area contributed by atoms with Gasteiger partial charge in [-0.2, -0.15) is 0 Å². The Morgan fingerprint density at radius 1 is 0.365 bits per heavy atom. The summed E-state index contributed by atoms with van der Waals surface area (Å²) in [6.45, 7) is 0. The smallest absolute Gasteiger partial charge is 0.164 e. The fraction of sp³-hybridized carbons (Fsp3) is 0.0217. The molecule has 240 valence electrons. The minimum Gasteiger partial charge on any atom is -0.502 e. The minimum absolute atomic E-state index is 0.575. The zero-order chi connectivity index (χ0) is 35.1. The number of hydrogen-bond donors (Lipinski definition) is 0. The van der Waals surface area contributed by atoms with Crippen molar-refractivity contribution in [1.82, 2.24) is 15.0 Å². The molecule has 9 rings (SSSR count). The van der Waals surface area contributed by atoms with E-state index in [-0.39, 0.29) is 0 Å². The lowest BCUT2D eigenvalue weighted by molar-refractivity contribution is 0.241. The molecular formula is C46H29B2N3O. The topological polar surface area (TPSA) is 47.9 Å². The van der Waals surface area contributed by atoms with E-state index in [2.05, 4.69) is 91.0 Å². The van der Waals surface area contributed by atoms with Gasteiger partial charge in [-0.15, -0.1) is 0 Å². The van der Waals surface area contributed by atoms with Crippen LogP contribution in [0.4, 0.5) is 0 Å². The van der Waals surface area contributed by atoms with E-state index in [0.717, 1.165) is 66.8 Å². The van der Waals surface area contributed by atoms with Crippen LogP contribution in [-0.4, -0.2) is 30.6 Å². The molecule has 8 aromatic rings. The van der Waals surface area contributed by atoms with Gasteiger partial charge in [0, 0.05) is 22.3 Å². The third-order valence-corrected chi connectivity index (χ3v) is 9.49. The van der Waals surface area contributed by atoms with Crippen molar-refractivity contribution in [1.29, 1.82) is 0 Å². The van der Waals surface area contributed by atoms with Crippen LogP contribution in [0.5, 0.6) is 5.75 Å². The van der Waals surface area contributed by atoms with Gasteiger partial charge in [-0.25, -0.2) is 15.0 Å². The van der Waals surface area contributed by atoms with Crippen molar-refractivity contribution < 1.29 is 4.74 Å². The van der Waals surface area contributed by atoms with Gasteiger partial charge < -0.3 is 4.74 Å². The molecule has 4 radical (unpaired) electrons. The van der Waals surface area contributed by atoms with E-state index in [0.29, 0.717) is 23.2 Å². The number of benzene rings is 7. The number of nitrogens with zero attached hydrogens (tertiary/aromatic N) is 3. The second-order valence-electron chi connectivity index (χ2n) is 12.9. The van der Waals surface area contributed by atoms with Crippen molar-refractivity contribution in [3.05, 3.63) is 181 Å². The van der Waals surface area contributed by atoms with Crippen LogP contribution in [0.1, 0.15) is 5.56 Å². The molecule has 0 N–H and O–H groups in total. The lowest BCUT2D eigenvalue weighted by atomic mass is 9.58. The Morgan fingerprint density at radius 2 is 0.788 bits per heavy atom. The zero-order valence-electron chi connectivity index (χ0n) is 28.1. The molecule has 1 aliphatic rings. The van der Waals surface area contributed by atoms with Crippen molar-refractivity contribution in [2.45, 2.75) is 5.40 Å². The summed E-state index contributed by atoms with van der Waals surface area (Å²) < 4.78 is 6.15. The lowest BCUT2D eigenvalue weighted by Gasteiger charge is -2.37. The Bertz CT molecular complexity index is 2450. The van der Waals surface area contributed by atoms with Crippen LogP contribution in [0.25, 0.3) is 78.7 Å². The summed E-state index contributed by atoms with van der Waals surface area (Å²) in [4.78, 5) is 15.1. The van der Waals surface area contributed by atoms with Crippen LogP contribution in [0.2, 0.25) is 0 Å². The molecule has 0 spiro atoms. The normalized spacial score (nSPS) is 12.7. The molecule has 4 nitrogen and oxygen atoms in total. The van der Waals surface area contributed by atoms with E-state index >= 15 is 0 Å². The number of hydrogen-bond acceptors (Lipinski definition) is 4. The van der Waals surface area contributed by atoms with Gasteiger partial charge in [0.1, 0.15) is 21.4 Å². The third-order valence-electron chi connectivity index (χ3n) is 9.49. The molecule has 0 amide bonds. The van der Waals surface area contributed by atoms with Gasteiger partial charge >= 0.3 is 0 Å². The molecule has 1 aromatic heterocycles. The number of fused-ring (bicyclic) bond motifs is 3. The van der Waals surface area contributed by atoms with E-state index < -0.39 is 5.40 Å². The summed E-state index contributed by atoms with van der Waals surface area (Å²) in [6, 6.07) is 59.5. The predicted octanol–water partition coefficient (Wildman–Crippen LogP) is 10.4. The Kier molecular flexibility index (Phi) is 7.85. The van der Waals surface area contributed by atoms with Gasteiger partial charge in [0.05, 0.1) is 5.40 Å². The van der Waals surface area contributed by atoms with E-state index in [4.69, 9.17) is 35.4 Å². The molecule has 6 heteroatoms. The molecular weight excluding hydrogens is 632 g/mol. The van der Waals surface area contributed by atoms with Crippen LogP contribution < -0.4 is 4.74 Å². The van der Waals surface area contributed by atoms with E-state index in [1.54, 1.807) is 0 Å². The fourth-order valence-electron chi connectivity index (χ4n) is 6.89. The van der Waals surface area contributed by atoms with Gasteiger partial charge in [0.2, 0.25) is 0 Å². The largest absolute Gasteiger partial charge is 0.502 e. The number of aromatic nitrogens is 3. The molecule has 0 aliphatic carbocycles. The Labute approximate surface area is 305 Å². The van der Waals surface area contributed by atoms with Crippen LogP contribution >= 0.6 is 0 Å². The van der Waals surface area contributed by atoms with Gasteiger partial charge in [0.25, 0.3) is 0 Å². The summed E-state index contributed by atoms with van der Waals surface area (Å²) in [5.74, 6) is 2.40. The highest BCUT2D eigenvalue weighted by Gasteiger charge is 2.32. The summed E-state index contributed by atoms with van der Waals surface area (Å²) in [5, 5.41) is -1.43. The Hall–Kier alpha value is -6.52. The third kappa shape index (κ3) is 5.88. The van der Waals surface area contributed by atoms with Gasteiger partial charge in [-0.05, 0) is 56.6 Å². The van der Waals surface area contributed by atoms with E-state index in [1.165, 1.54) is 0 Å². The second kappa shape index (κ2) is 13.0. The molecule has 2 heterocycles. The summed E-state index contributed by atoms with van der Waals surface area (Å²) in [6.07, 6.45) is 0. The molecule has 1 aliphatic heterocycles. The molecule has 0 fully saturated rings. The second-order valence-corrected chi connectivity index (χ2v) is 12.9. The maximum atomic E-state index is 6.43. The highest BCUT2D eigenvalue weighted by atomic mass is 16.5. The molecule has 0 saturated carbocycles. The first-order valence-corrected chi connectivity index (χ1v) is 17.2. The Morgan fingerprint density at radius 3 is 1.38 bits per heavy atom. The predicted molar refractivity (Wildman–Crippen MR) is 212 cm³/mol. The quantitative estimate of drug-likeness (QED) is 0.167. The van der Waals surface area contributed by atoms with Gasteiger partial charge in [0.15, 0.2) is 17.5 Å². The first-order valence-electron chi connectivity index (χ1n) is 17.2. The minimum atomic E-state index is -1.43. The average molecular weight is 661 g/mol. The lowest BCUT2D eigenvalue weighted by Crippen LogP contribution is -2.37. The van der Waals surface area contributed by atoms with Crippen molar-refractivity contribution in [3.63, 3.8) is 0 Å². The van der Waals surface area contributed by atoms with Crippen LogP contribution in [0, 0.1) is 0 Å². The number of rotatable bonds is 6. The summed E-state index contributed by atoms with van der Waals surface area (Å²) >= 11 is 0. The molecule has 0 atom stereocenters. The molecule has 0 unspecified atom stereocenters. The fourth-order valence-corrected chi connectivity index (χ4v) is 6.89. The summed E-state index contributed by atoms with van der Waals surface area (Å²) in [7, 11) is 12.9. The van der Waals surface area contributed by atoms with Gasteiger partial charge in [-0.3, -0.25) is 0 Å². The SMILES string of the molecule is [B]C1([B])Oc2cccc(-c3cccc(-c4nc(-c5ccc(-c6ccccc6)cc5)nc(-c5ccc(-c6ccccc6)cc5)n4)c3)c2-c2ccccc21. The van der Waals surface area contributed by atoms with E-state index in [9.17, 15) is 0 Å². The monoisotopic (exact) mass is 661 g/mol. The first-order chi connectivity index (χ1) is 25.5.